The van der Waals surface area contributed by atoms with Crippen molar-refractivity contribution in [3.05, 3.63) is 102 Å². The Morgan fingerprint density at radius 2 is 1.28 bits per heavy atom. The molecule has 0 saturated carbocycles. The molecule has 0 amide bonds. The highest BCUT2D eigenvalue weighted by molar-refractivity contribution is 6.74. The van der Waals surface area contributed by atoms with E-state index < -0.39 is 81.3 Å². The van der Waals surface area contributed by atoms with Crippen LogP contribution < -0.4 is 4.74 Å². The Balaban J connectivity index is 1.10. The third-order valence-electron chi connectivity index (χ3n) is 11.7. The average molecular weight is 853 g/mol. The lowest BCUT2D eigenvalue weighted by atomic mass is 9.97. The summed E-state index contributed by atoms with van der Waals surface area (Å²) in [5.41, 5.74) is 2.93. The van der Waals surface area contributed by atoms with E-state index in [9.17, 15) is 0 Å². The van der Waals surface area contributed by atoms with E-state index in [4.69, 9.17) is 61.6 Å². The van der Waals surface area contributed by atoms with Crippen molar-refractivity contribution in [2.24, 2.45) is 0 Å². The van der Waals surface area contributed by atoms with Crippen molar-refractivity contribution < 1.29 is 61.6 Å². The van der Waals surface area contributed by atoms with Crippen LogP contribution in [-0.4, -0.2) is 102 Å². The molecule has 4 aliphatic heterocycles. The molecule has 14 heteroatoms. The van der Waals surface area contributed by atoms with E-state index in [1.165, 1.54) is 0 Å². The summed E-state index contributed by atoms with van der Waals surface area (Å²) in [7, 11) is -0.839. The van der Waals surface area contributed by atoms with Crippen molar-refractivity contribution in [1.29, 1.82) is 0 Å². The number of fused-ring (bicyclic) bond motifs is 1. The predicted octanol–water partition coefficient (Wildman–Crippen LogP) is 8.02. The molecule has 3 aromatic carbocycles. The van der Waals surface area contributed by atoms with Gasteiger partial charge in [0, 0.05) is 5.56 Å². The fraction of sp³-hybridized carbons (Fsp3) is 0.609. The van der Waals surface area contributed by atoms with Gasteiger partial charge in [-0.2, -0.15) is 0 Å². The number of hydrogen-bond donors (Lipinski definition) is 0. The van der Waals surface area contributed by atoms with Crippen LogP contribution in [-0.2, 0) is 70.0 Å². The van der Waals surface area contributed by atoms with Crippen LogP contribution in [0.15, 0.2) is 84.9 Å². The first kappa shape index (κ1) is 45.2. The van der Waals surface area contributed by atoms with E-state index in [1.807, 2.05) is 113 Å². The van der Waals surface area contributed by atoms with Crippen LogP contribution in [0.3, 0.4) is 0 Å². The van der Waals surface area contributed by atoms with Gasteiger partial charge in [0.25, 0.3) is 0 Å². The number of benzene rings is 3. The van der Waals surface area contributed by atoms with Crippen LogP contribution >= 0.6 is 0 Å². The topological polar surface area (TPSA) is 120 Å². The highest BCUT2D eigenvalue weighted by Gasteiger charge is 2.57. The monoisotopic (exact) mass is 852 g/mol. The van der Waals surface area contributed by atoms with Crippen LogP contribution in [0.2, 0.25) is 18.1 Å². The lowest BCUT2D eigenvalue weighted by Crippen LogP contribution is -2.65. The molecular formula is C46H64O13Si. The Morgan fingerprint density at radius 3 is 1.90 bits per heavy atom. The first-order chi connectivity index (χ1) is 28.5. The molecule has 0 aromatic heterocycles. The van der Waals surface area contributed by atoms with Gasteiger partial charge in [-0.25, -0.2) is 9.78 Å². The molecule has 3 aromatic rings. The molecule has 10 atom stereocenters. The average Bonchev–Trinajstić information content (AvgIpc) is 3.70. The lowest BCUT2D eigenvalue weighted by Gasteiger charge is -2.51. The maximum absolute atomic E-state index is 7.18. The highest BCUT2D eigenvalue weighted by Crippen LogP contribution is 2.43. The summed E-state index contributed by atoms with van der Waals surface area (Å²) in [5, 5.41) is -0.148. The van der Waals surface area contributed by atoms with Gasteiger partial charge in [0.15, 0.2) is 26.2 Å². The van der Waals surface area contributed by atoms with Crippen LogP contribution in [0.25, 0.3) is 0 Å². The Bertz CT molecular complexity index is 1790. The molecule has 330 valence electrons. The van der Waals surface area contributed by atoms with E-state index in [-0.39, 0.29) is 24.9 Å². The summed E-state index contributed by atoms with van der Waals surface area (Å²) in [6.45, 7) is 19.7. The molecule has 60 heavy (non-hydrogen) atoms. The zero-order valence-electron chi connectivity index (χ0n) is 36.7. The van der Waals surface area contributed by atoms with Crippen molar-refractivity contribution in [2.75, 3.05) is 26.9 Å². The first-order valence-electron chi connectivity index (χ1n) is 21.0. The van der Waals surface area contributed by atoms with Gasteiger partial charge in [-0.05, 0) is 69.1 Å². The molecule has 4 fully saturated rings. The van der Waals surface area contributed by atoms with Crippen molar-refractivity contribution in [3.63, 3.8) is 0 Å². The number of hydrogen-bond acceptors (Lipinski definition) is 13. The molecule has 7 rings (SSSR count). The fourth-order valence-electron chi connectivity index (χ4n) is 7.73. The number of methoxy groups -OCH3 is 1. The Kier molecular flexibility index (Phi) is 14.2. The zero-order valence-corrected chi connectivity index (χ0v) is 37.7. The van der Waals surface area contributed by atoms with E-state index in [1.54, 1.807) is 7.11 Å². The molecule has 0 N–H and O–H groups in total. The van der Waals surface area contributed by atoms with Gasteiger partial charge in [0.2, 0.25) is 6.29 Å². The smallest absolute Gasteiger partial charge is 0.219 e. The molecule has 13 nitrogen and oxygen atoms in total. The molecular weight excluding hydrogens is 789 g/mol. The van der Waals surface area contributed by atoms with Crippen molar-refractivity contribution in [3.8, 4) is 5.75 Å². The van der Waals surface area contributed by atoms with Gasteiger partial charge in [0.1, 0.15) is 61.2 Å². The van der Waals surface area contributed by atoms with E-state index in [2.05, 4.69) is 33.9 Å². The summed E-state index contributed by atoms with van der Waals surface area (Å²) in [4.78, 5) is 12.4. The summed E-state index contributed by atoms with van der Waals surface area (Å²) < 4.78 is 71.0. The minimum Gasteiger partial charge on any atom is -0.497 e. The van der Waals surface area contributed by atoms with Crippen LogP contribution in [0, 0.1) is 0 Å². The molecule has 0 spiro atoms. The van der Waals surface area contributed by atoms with Crippen LogP contribution in [0.4, 0.5) is 0 Å². The largest absolute Gasteiger partial charge is 0.497 e. The number of rotatable bonds is 16. The molecule has 0 radical (unpaired) electrons. The summed E-state index contributed by atoms with van der Waals surface area (Å²) in [6, 6.07) is 27.7. The standard InChI is InChI=1S/C46H64O13Si/c1-44(2,3)60(9,10)59-41-40(49-26-31-21-23-33(47-8)24-22-31)37-34(28-50-42(53-37)32-19-15-12-16-20-32)52-43(41)58-51-29-36-39(57-46(6,7)55-36)38-35(54-45(4,5)56-38)27-48-25-30-17-13-11-14-18-30/h11-24,34-43H,25-29H2,1-10H3/t34-,35-,36-,37-,38-,39-,40+,41+,42?,43+/m1/s1. The lowest BCUT2D eigenvalue weighted by molar-refractivity contribution is -0.444. The normalized spacial score (nSPS) is 31.5. The van der Waals surface area contributed by atoms with Gasteiger partial charge in [-0.3, -0.25) is 0 Å². The SMILES string of the molecule is COc1ccc(CO[C@@H]2[C@H](O[Si](C)(C)C(C)(C)C)[C@H](OOC[C@H]3OC(C)(C)O[C@H]3[C@@H]3OC(C)(C)O[C@@H]3COCc3ccccc3)O[C@@H]3COC(c4ccccc4)O[C@@H]23)cc1. The summed E-state index contributed by atoms with van der Waals surface area (Å²) in [6.07, 6.45) is -6.23. The van der Waals surface area contributed by atoms with Gasteiger partial charge >= 0.3 is 0 Å². The van der Waals surface area contributed by atoms with E-state index >= 15 is 0 Å². The van der Waals surface area contributed by atoms with Crippen LogP contribution in [0.1, 0.15) is 71.4 Å². The second kappa shape index (κ2) is 18.9. The van der Waals surface area contributed by atoms with Crippen molar-refractivity contribution in [1.82, 2.24) is 0 Å². The minimum absolute atomic E-state index is 0.00675. The third-order valence-corrected chi connectivity index (χ3v) is 16.2. The van der Waals surface area contributed by atoms with E-state index in [0.29, 0.717) is 13.2 Å². The molecule has 0 aliphatic carbocycles. The van der Waals surface area contributed by atoms with Gasteiger partial charge < -0.3 is 51.8 Å². The van der Waals surface area contributed by atoms with E-state index in [0.717, 1.165) is 22.4 Å². The molecule has 4 saturated heterocycles. The maximum Gasteiger partial charge on any atom is 0.219 e. The summed E-state index contributed by atoms with van der Waals surface area (Å²) in [5.74, 6) is -1.04. The first-order valence-corrected chi connectivity index (χ1v) is 23.9. The number of ether oxygens (including phenoxy) is 10. The van der Waals surface area contributed by atoms with Gasteiger partial charge in [-0.15, -0.1) is 0 Å². The molecule has 4 heterocycles. The highest BCUT2D eigenvalue weighted by atomic mass is 28.4. The van der Waals surface area contributed by atoms with Gasteiger partial charge in [0.05, 0.1) is 33.5 Å². The predicted molar refractivity (Wildman–Crippen MR) is 223 cm³/mol. The van der Waals surface area contributed by atoms with Crippen molar-refractivity contribution >= 4 is 8.32 Å². The molecule has 4 aliphatic rings. The summed E-state index contributed by atoms with van der Waals surface area (Å²) >= 11 is 0. The Labute approximate surface area is 356 Å². The second-order valence-corrected chi connectivity index (χ2v) is 23.1. The second-order valence-electron chi connectivity index (χ2n) is 18.3. The third kappa shape index (κ3) is 11.0. The fourth-order valence-corrected chi connectivity index (χ4v) is 9.01. The molecule has 1 unspecified atom stereocenters. The molecule has 0 bridgehead atoms. The van der Waals surface area contributed by atoms with Gasteiger partial charge in [-0.1, -0.05) is 93.6 Å². The quantitative estimate of drug-likeness (QED) is 0.0787. The zero-order chi connectivity index (χ0) is 42.7. The minimum atomic E-state index is -2.49. The Hall–Kier alpha value is -2.80. The van der Waals surface area contributed by atoms with Crippen LogP contribution in [0.5, 0.6) is 5.75 Å². The maximum atomic E-state index is 7.18. The Morgan fingerprint density at radius 1 is 0.683 bits per heavy atom. The van der Waals surface area contributed by atoms with Crippen molar-refractivity contribution in [2.45, 2.75) is 153 Å².